The van der Waals surface area contributed by atoms with Crippen LogP contribution in [0.1, 0.15) is 24.7 Å². The number of aromatic nitrogens is 3. The van der Waals surface area contributed by atoms with Gasteiger partial charge in [0.2, 0.25) is 0 Å². The van der Waals surface area contributed by atoms with Gasteiger partial charge in [0.1, 0.15) is 11.3 Å². The van der Waals surface area contributed by atoms with Crippen molar-refractivity contribution < 1.29 is 0 Å². The maximum Gasteiger partial charge on any atom is 0.124 e. The van der Waals surface area contributed by atoms with Crippen LogP contribution in [0.15, 0.2) is 18.5 Å². The van der Waals surface area contributed by atoms with Crippen LogP contribution in [0.5, 0.6) is 0 Å². The first kappa shape index (κ1) is 11.4. The average molecular weight is 257 g/mol. The monoisotopic (exact) mass is 257 g/mol. The number of hydrogen-bond acceptors (Lipinski definition) is 4. The van der Waals surface area contributed by atoms with E-state index in [9.17, 15) is 0 Å². The minimum Gasteiger partial charge on any atom is -0.324 e. The van der Waals surface area contributed by atoms with Gasteiger partial charge in [-0.15, -0.1) is 0 Å². The quantitative estimate of drug-likeness (QED) is 0.896. The van der Waals surface area contributed by atoms with Crippen molar-refractivity contribution in [1.82, 2.24) is 24.8 Å². The zero-order valence-electron chi connectivity index (χ0n) is 11.0. The van der Waals surface area contributed by atoms with E-state index in [4.69, 9.17) is 4.98 Å². The molecule has 1 saturated carbocycles. The normalized spacial score (nSPS) is 21.1. The highest BCUT2D eigenvalue weighted by atomic mass is 15.2. The predicted molar refractivity (Wildman–Crippen MR) is 73.9 cm³/mol. The van der Waals surface area contributed by atoms with Gasteiger partial charge in [-0.3, -0.25) is 9.88 Å². The minimum absolute atomic E-state index is 0.672. The van der Waals surface area contributed by atoms with Crippen molar-refractivity contribution in [1.29, 1.82) is 0 Å². The van der Waals surface area contributed by atoms with Gasteiger partial charge in [0.15, 0.2) is 0 Å². The molecule has 3 heterocycles. The maximum atomic E-state index is 4.81. The molecule has 2 aromatic rings. The topological polar surface area (TPSA) is 46.0 Å². The van der Waals surface area contributed by atoms with Crippen LogP contribution < -0.4 is 5.32 Å². The summed E-state index contributed by atoms with van der Waals surface area (Å²) in [7, 11) is 0. The van der Waals surface area contributed by atoms with Crippen molar-refractivity contribution in [3.8, 4) is 0 Å². The Balaban J connectivity index is 1.69. The molecule has 0 amide bonds. The third-order valence-corrected chi connectivity index (χ3v) is 4.05. The number of rotatable bonds is 3. The molecule has 100 valence electrons. The third-order valence-electron chi connectivity index (χ3n) is 4.05. The molecule has 0 atom stereocenters. The van der Waals surface area contributed by atoms with Gasteiger partial charge in [0.05, 0.1) is 18.3 Å². The van der Waals surface area contributed by atoms with E-state index in [2.05, 4.69) is 25.8 Å². The largest absolute Gasteiger partial charge is 0.324 e. The zero-order chi connectivity index (χ0) is 12.7. The first-order valence-corrected chi connectivity index (χ1v) is 7.16. The zero-order valence-corrected chi connectivity index (χ0v) is 11.0. The van der Waals surface area contributed by atoms with E-state index in [1.165, 1.54) is 24.2 Å². The second-order valence-electron chi connectivity index (χ2n) is 5.52. The van der Waals surface area contributed by atoms with Crippen LogP contribution >= 0.6 is 0 Å². The van der Waals surface area contributed by atoms with Gasteiger partial charge in [0.25, 0.3) is 0 Å². The molecule has 0 radical (unpaired) electrons. The lowest BCUT2D eigenvalue weighted by Gasteiger charge is -2.27. The van der Waals surface area contributed by atoms with E-state index in [0.717, 1.165) is 38.2 Å². The Bertz CT molecular complexity index is 581. The van der Waals surface area contributed by atoms with Gasteiger partial charge >= 0.3 is 0 Å². The van der Waals surface area contributed by atoms with Crippen molar-refractivity contribution in [2.75, 3.05) is 26.2 Å². The maximum absolute atomic E-state index is 4.81. The highest BCUT2D eigenvalue weighted by molar-refractivity contribution is 5.75. The smallest absolute Gasteiger partial charge is 0.124 e. The van der Waals surface area contributed by atoms with Gasteiger partial charge in [0, 0.05) is 38.4 Å². The molecule has 1 saturated heterocycles. The lowest BCUT2D eigenvalue weighted by atomic mass is 10.3. The number of pyridine rings is 1. The fourth-order valence-corrected chi connectivity index (χ4v) is 2.92. The fraction of sp³-hybridized carbons (Fsp3) is 0.571. The van der Waals surface area contributed by atoms with Gasteiger partial charge in [-0.05, 0) is 18.9 Å². The van der Waals surface area contributed by atoms with Crippen LogP contribution in [0, 0.1) is 0 Å². The molecule has 4 rings (SSSR count). The Morgan fingerprint density at radius 3 is 2.89 bits per heavy atom. The summed E-state index contributed by atoms with van der Waals surface area (Å²) in [5.41, 5.74) is 2.29. The van der Waals surface area contributed by atoms with E-state index in [0.29, 0.717) is 6.04 Å². The van der Waals surface area contributed by atoms with E-state index < -0.39 is 0 Å². The number of imidazole rings is 1. The Morgan fingerprint density at radius 1 is 1.26 bits per heavy atom. The molecule has 5 heteroatoms. The van der Waals surface area contributed by atoms with Crippen LogP contribution in [-0.2, 0) is 6.54 Å². The summed E-state index contributed by atoms with van der Waals surface area (Å²) in [5, 5.41) is 3.40. The first-order chi connectivity index (χ1) is 9.42. The Hall–Kier alpha value is -1.46. The van der Waals surface area contributed by atoms with Gasteiger partial charge in [-0.1, -0.05) is 0 Å². The van der Waals surface area contributed by atoms with Crippen LogP contribution in [0.3, 0.4) is 0 Å². The summed E-state index contributed by atoms with van der Waals surface area (Å²) in [6.45, 7) is 5.38. The average Bonchev–Trinajstić information content (AvgIpc) is 3.21. The van der Waals surface area contributed by atoms with Crippen LogP contribution in [0.2, 0.25) is 0 Å². The number of nitrogens with zero attached hydrogens (tertiary/aromatic N) is 4. The highest BCUT2D eigenvalue weighted by Crippen LogP contribution is 2.38. The molecule has 0 unspecified atom stereocenters. The standard InChI is InChI=1S/C14H19N5/c1-2-11(1)19-13-3-4-16-9-12(13)17-14(19)10-18-7-5-15-6-8-18/h3-4,9,11,15H,1-2,5-8,10H2. The van der Waals surface area contributed by atoms with E-state index in [-0.39, 0.29) is 0 Å². The lowest BCUT2D eigenvalue weighted by Crippen LogP contribution is -2.43. The number of nitrogens with one attached hydrogen (secondary N) is 1. The molecule has 1 N–H and O–H groups in total. The molecule has 2 aliphatic rings. The summed E-state index contributed by atoms with van der Waals surface area (Å²) >= 11 is 0. The summed E-state index contributed by atoms with van der Waals surface area (Å²) in [6, 6.07) is 2.77. The molecule has 0 aromatic carbocycles. The SMILES string of the molecule is c1cc2c(cn1)nc(CN1CCNCC1)n2C1CC1. The minimum atomic E-state index is 0.672. The summed E-state index contributed by atoms with van der Waals surface area (Å²) in [4.78, 5) is 11.5. The molecule has 5 nitrogen and oxygen atoms in total. The van der Waals surface area contributed by atoms with Crippen molar-refractivity contribution in [3.63, 3.8) is 0 Å². The van der Waals surface area contributed by atoms with Gasteiger partial charge in [-0.25, -0.2) is 4.98 Å². The molecule has 2 fully saturated rings. The lowest BCUT2D eigenvalue weighted by molar-refractivity contribution is 0.225. The number of fused-ring (bicyclic) bond motifs is 1. The number of piperazine rings is 1. The number of hydrogen-bond donors (Lipinski definition) is 1. The Kier molecular flexibility index (Phi) is 2.74. The molecule has 1 aliphatic heterocycles. The van der Waals surface area contributed by atoms with E-state index in [1.807, 2.05) is 12.4 Å². The second kappa shape index (κ2) is 4.58. The highest BCUT2D eigenvalue weighted by Gasteiger charge is 2.28. The molecule has 0 spiro atoms. The van der Waals surface area contributed by atoms with Crippen molar-refractivity contribution in [2.24, 2.45) is 0 Å². The van der Waals surface area contributed by atoms with Gasteiger partial charge in [-0.2, -0.15) is 0 Å². The Morgan fingerprint density at radius 2 is 2.11 bits per heavy atom. The summed E-state index contributed by atoms with van der Waals surface area (Å²) < 4.78 is 2.44. The third kappa shape index (κ3) is 2.13. The van der Waals surface area contributed by atoms with Crippen molar-refractivity contribution >= 4 is 11.0 Å². The molecule has 0 bridgehead atoms. The summed E-state index contributed by atoms with van der Waals surface area (Å²) in [5.74, 6) is 1.22. The van der Waals surface area contributed by atoms with Crippen molar-refractivity contribution in [3.05, 3.63) is 24.3 Å². The molecule has 1 aliphatic carbocycles. The Labute approximate surface area is 112 Å². The molecule has 2 aromatic heterocycles. The fourth-order valence-electron chi connectivity index (χ4n) is 2.92. The first-order valence-electron chi connectivity index (χ1n) is 7.16. The molecular formula is C14H19N5. The summed E-state index contributed by atoms with van der Waals surface area (Å²) in [6.07, 6.45) is 6.34. The van der Waals surface area contributed by atoms with Gasteiger partial charge < -0.3 is 9.88 Å². The van der Waals surface area contributed by atoms with E-state index >= 15 is 0 Å². The van der Waals surface area contributed by atoms with Crippen LogP contribution in [0.25, 0.3) is 11.0 Å². The van der Waals surface area contributed by atoms with E-state index in [1.54, 1.807) is 0 Å². The van der Waals surface area contributed by atoms with Crippen molar-refractivity contribution in [2.45, 2.75) is 25.4 Å². The molecule has 19 heavy (non-hydrogen) atoms. The predicted octanol–water partition coefficient (Wildman–Crippen LogP) is 1.17. The molecular weight excluding hydrogens is 238 g/mol. The van der Waals surface area contributed by atoms with Crippen LogP contribution in [-0.4, -0.2) is 45.6 Å². The van der Waals surface area contributed by atoms with Crippen LogP contribution in [0.4, 0.5) is 0 Å². The second-order valence-corrected chi connectivity index (χ2v) is 5.52.